The number of nitrogens with zero attached hydrogens (tertiary/aromatic N) is 3. The molecule has 0 N–H and O–H groups in total. The normalized spacial score (nSPS) is 17.3. The van der Waals surface area contributed by atoms with Gasteiger partial charge in [-0.05, 0) is 41.7 Å². The summed E-state index contributed by atoms with van der Waals surface area (Å²) in [4.78, 5) is 2.63. The molecule has 0 aromatic carbocycles. The minimum atomic E-state index is 0.769. The summed E-state index contributed by atoms with van der Waals surface area (Å²) in [6.45, 7) is 6.59. The molecule has 3 nitrogen and oxygen atoms in total. The number of halogens is 1. The Morgan fingerprint density at radius 2 is 1.95 bits per heavy atom. The second kappa shape index (κ2) is 6.89. The fraction of sp³-hybridized carbons (Fsp3) is 0.800. The van der Waals surface area contributed by atoms with Gasteiger partial charge in [-0.2, -0.15) is 5.10 Å². The van der Waals surface area contributed by atoms with E-state index in [1.165, 1.54) is 48.0 Å². The van der Waals surface area contributed by atoms with Gasteiger partial charge in [0.15, 0.2) is 0 Å². The summed E-state index contributed by atoms with van der Waals surface area (Å²) in [6, 6.07) is 0.769. The maximum Gasteiger partial charge on any atom is 0.0767 e. The molecule has 1 fully saturated rings. The van der Waals surface area contributed by atoms with Gasteiger partial charge < -0.3 is 0 Å². The van der Waals surface area contributed by atoms with Crippen LogP contribution in [0.4, 0.5) is 0 Å². The molecule has 1 heterocycles. The second-order valence-electron chi connectivity index (χ2n) is 5.54. The largest absolute Gasteiger partial charge is 0.295 e. The van der Waals surface area contributed by atoms with E-state index < -0.39 is 0 Å². The number of aromatic nitrogens is 2. The average Bonchev–Trinajstić information content (AvgIpc) is 2.72. The van der Waals surface area contributed by atoms with E-state index in [4.69, 9.17) is 0 Å². The zero-order valence-electron chi connectivity index (χ0n) is 12.5. The number of hydrogen-bond donors (Lipinski definition) is 0. The second-order valence-corrected chi connectivity index (χ2v) is 6.33. The van der Waals surface area contributed by atoms with Gasteiger partial charge in [-0.15, -0.1) is 0 Å². The van der Waals surface area contributed by atoms with Crippen LogP contribution in [-0.2, 0) is 20.0 Å². The van der Waals surface area contributed by atoms with Crippen molar-refractivity contribution >= 4 is 15.9 Å². The molecule has 1 aromatic rings. The van der Waals surface area contributed by atoms with Crippen molar-refractivity contribution in [1.29, 1.82) is 0 Å². The summed E-state index contributed by atoms with van der Waals surface area (Å²) in [5.41, 5.74) is 2.50. The van der Waals surface area contributed by atoms with Gasteiger partial charge in [-0.1, -0.05) is 33.1 Å². The molecule has 108 valence electrons. The summed E-state index contributed by atoms with van der Waals surface area (Å²) in [5, 5.41) is 4.60. The predicted octanol–water partition coefficient (Wildman–Crippen LogP) is 3.90. The quantitative estimate of drug-likeness (QED) is 0.817. The van der Waals surface area contributed by atoms with Crippen molar-refractivity contribution in [2.75, 3.05) is 6.54 Å². The molecule has 1 aliphatic rings. The monoisotopic (exact) mass is 327 g/mol. The fourth-order valence-corrected chi connectivity index (χ4v) is 3.87. The number of aryl methyl sites for hydroxylation is 2. The minimum Gasteiger partial charge on any atom is -0.295 e. The number of hydrogen-bond acceptors (Lipinski definition) is 2. The molecular weight excluding hydrogens is 302 g/mol. The molecule has 2 rings (SSSR count). The van der Waals surface area contributed by atoms with Gasteiger partial charge in [0.1, 0.15) is 0 Å². The summed E-state index contributed by atoms with van der Waals surface area (Å²) in [7, 11) is 2.06. The van der Waals surface area contributed by atoms with Gasteiger partial charge in [-0.3, -0.25) is 9.58 Å². The molecular formula is C15H26BrN3. The zero-order valence-corrected chi connectivity index (χ0v) is 14.0. The molecule has 0 unspecified atom stereocenters. The van der Waals surface area contributed by atoms with Crippen molar-refractivity contribution < 1.29 is 0 Å². The Hall–Kier alpha value is -0.350. The van der Waals surface area contributed by atoms with E-state index in [0.717, 1.165) is 25.6 Å². The lowest BCUT2D eigenvalue weighted by atomic mass is 9.94. The average molecular weight is 328 g/mol. The molecule has 4 heteroatoms. The standard InChI is InChI=1S/C15H26BrN3/c1-4-13-15(16)14(18(3)17-13)11-19(5-2)12-9-7-6-8-10-12/h12H,4-11H2,1-3H3. The van der Waals surface area contributed by atoms with Crippen molar-refractivity contribution in [2.24, 2.45) is 7.05 Å². The van der Waals surface area contributed by atoms with Crippen LogP contribution in [0.25, 0.3) is 0 Å². The van der Waals surface area contributed by atoms with Gasteiger partial charge in [0.25, 0.3) is 0 Å². The molecule has 1 aromatic heterocycles. The number of rotatable bonds is 5. The van der Waals surface area contributed by atoms with Crippen LogP contribution in [0.5, 0.6) is 0 Å². The summed E-state index contributed by atoms with van der Waals surface area (Å²) in [6.07, 6.45) is 7.93. The van der Waals surface area contributed by atoms with Crippen LogP contribution in [0.1, 0.15) is 57.3 Å². The van der Waals surface area contributed by atoms with E-state index in [1.807, 2.05) is 0 Å². The van der Waals surface area contributed by atoms with E-state index in [1.54, 1.807) is 0 Å². The molecule has 0 atom stereocenters. The highest BCUT2D eigenvalue weighted by Gasteiger charge is 2.22. The Kier molecular flexibility index (Phi) is 5.46. The summed E-state index contributed by atoms with van der Waals surface area (Å²) < 4.78 is 3.26. The lowest BCUT2D eigenvalue weighted by molar-refractivity contribution is 0.152. The van der Waals surface area contributed by atoms with E-state index >= 15 is 0 Å². The Morgan fingerprint density at radius 1 is 1.26 bits per heavy atom. The van der Waals surface area contributed by atoms with Crippen LogP contribution < -0.4 is 0 Å². The Bertz CT molecular complexity index is 408. The summed E-state index contributed by atoms with van der Waals surface area (Å²) >= 11 is 3.73. The first-order chi connectivity index (χ1) is 9.17. The van der Waals surface area contributed by atoms with Crippen LogP contribution >= 0.6 is 15.9 Å². The first-order valence-electron chi connectivity index (χ1n) is 7.61. The van der Waals surface area contributed by atoms with Crippen molar-refractivity contribution in [3.8, 4) is 0 Å². The van der Waals surface area contributed by atoms with Crippen LogP contribution in [0.2, 0.25) is 0 Å². The van der Waals surface area contributed by atoms with E-state index in [9.17, 15) is 0 Å². The lowest BCUT2D eigenvalue weighted by Crippen LogP contribution is -2.36. The van der Waals surface area contributed by atoms with Gasteiger partial charge in [0.2, 0.25) is 0 Å². The minimum absolute atomic E-state index is 0.769. The first kappa shape index (κ1) is 15.0. The fourth-order valence-electron chi connectivity index (χ4n) is 3.13. The van der Waals surface area contributed by atoms with E-state index in [0.29, 0.717) is 0 Å². The van der Waals surface area contributed by atoms with Gasteiger partial charge in [0.05, 0.1) is 15.9 Å². The third-order valence-electron chi connectivity index (χ3n) is 4.35. The Labute approximate surface area is 125 Å². The smallest absolute Gasteiger partial charge is 0.0767 e. The first-order valence-corrected chi connectivity index (χ1v) is 8.40. The third-order valence-corrected chi connectivity index (χ3v) is 5.27. The van der Waals surface area contributed by atoms with Crippen molar-refractivity contribution in [3.63, 3.8) is 0 Å². The molecule has 1 aliphatic carbocycles. The van der Waals surface area contributed by atoms with Gasteiger partial charge in [0, 0.05) is 19.6 Å². The Balaban J connectivity index is 2.11. The van der Waals surface area contributed by atoms with Crippen molar-refractivity contribution in [1.82, 2.24) is 14.7 Å². The van der Waals surface area contributed by atoms with Gasteiger partial charge >= 0.3 is 0 Å². The predicted molar refractivity (Wildman–Crippen MR) is 83.2 cm³/mol. The molecule has 1 saturated carbocycles. The van der Waals surface area contributed by atoms with Crippen molar-refractivity contribution in [3.05, 3.63) is 15.9 Å². The molecule has 0 aliphatic heterocycles. The highest BCUT2D eigenvalue weighted by atomic mass is 79.9. The Morgan fingerprint density at radius 3 is 2.47 bits per heavy atom. The maximum atomic E-state index is 4.60. The van der Waals surface area contributed by atoms with E-state index in [2.05, 4.69) is 51.5 Å². The molecule has 0 spiro atoms. The molecule has 0 amide bonds. The van der Waals surface area contributed by atoms with Crippen molar-refractivity contribution in [2.45, 2.75) is 65.0 Å². The molecule has 0 bridgehead atoms. The van der Waals surface area contributed by atoms with Gasteiger partial charge in [-0.25, -0.2) is 0 Å². The SMILES string of the molecule is CCc1nn(C)c(CN(CC)C2CCCCC2)c1Br. The summed E-state index contributed by atoms with van der Waals surface area (Å²) in [5.74, 6) is 0. The molecule has 0 radical (unpaired) electrons. The maximum absolute atomic E-state index is 4.60. The topological polar surface area (TPSA) is 21.1 Å². The van der Waals surface area contributed by atoms with E-state index in [-0.39, 0.29) is 0 Å². The van der Waals surface area contributed by atoms with Crippen LogP contribution in [0.3, 0.4) is 0 Å². The van der Waals surface area contributed by atoms with Crippen LogP contribution in [0.15, 0.2) is 4.47 Å². The highest BCUT2D eigenvalue weighted by Crippen LogP contribution is 2.27. The third kappa shape index (κ3) is 3.40. The molecule has 0 saturated heterocycles. The highest BCUT2D eigenvalue weighted by molar-refractivity contribution is 9.10. The van der Waals surface area contributed by atoms with Crippen LogP contribution in [0, 0.1) is 0 Å². The zero-order chi connectivity index (χ0) is 13.8. The molecule has 19 heavy (non-hydrogen) atoms. The lowest BCUT2D eigenvalue weighted by Gasteiger charge is -2.33. The van der Waals surface area contributed by atoms with Crippen LogP contribution in [-0.4, -0.2) is 27.3 Å².